The van der Waals surface area contributed by atoms with Crippen LogP contribution in [0.25, 0.3) is 17.4 Å². The van der Waals surface area contributed by atoms with E-state index < -0.39 is 0 Å². The van der Waals surface area contributed by atoms with Crippen LogP contribution in [0.3, 0.4) is 0 Å². The van der Waals surface area contributed by atoms with Crippen LogP contribution in [0.4, 0.5) is 4.39 Å². The summed E-state index contributed by atoms with van der Waals surface area (Å²) in [5.74, 6) is 1.07. The molecule has 0 aliphatic carbocycles. The minimum absolute atomic E-state index is 0.261. The van der Waals surface area contributed by atoms with Crippen LogP contribution in [-0.2, 0) is 0 Å². The van der Waals surface area contributed by atoms with Gasteiger partial charge in [-0.1, -0.05) is 31.6 Å². The summed E-state index contributed by atoms with van der Waals surface area (Å²) in [4.78, 5) is 0. The average molecular weight is 287 g/mol. The second-order valence-corrected chi connectivity index (χ2v) is 5.01. The summed E-state index contributed by atoms with van der Waals surface area (Å²) >= 11 is 0. The van der Waals surface area contributed by atoms with Gasteiger partial charge in [-0.25, -0.2) is 4.39 Å². The molecule has 0 aliphatic rings. The van der Waals surface area contributed by atoms with Crippen molar-refractivity contribution in [3.05, 3.63) is 53.5 Å². The Morgan fingerprint density at radius 2 is 2.00 bits per heavy atom. The van der Waals surface area contributed by atoms with E-state index in [2.05, 4.69) is 19.2 Å². The lowest BCUT2D eigenvalue weighted by Gasteiger charge is -2.05. The molecule has 0 spiro atoms. The standard InChI is InChI=1S/C18H22FNO/c1-3-11-20-13-14(4-2)12-15-9-10-18(21-15)16-7-5-6-8-17(16)19/h5-10,12,20H,3-4,11,13H2,1-2H3. The topological polar surface area (TPSA) is 25.2 Å². The van der Waals surface area contributed by atoms with E-state index >= 15 is 0 Å². The zero-order chi connectivity index (χ0) is 15.1. The molecule has 1 aromatic carbocycles. The maximum Gasteiger partial charge on any atom is 0.137 e. The first-order valence-electron chi connectivity index (χ1n) is 7.49. The fourth-order valence-electron chi connectivity index (χ4n) is 2.14. The van der Waals surface area contributed by atoms with Crippen molar-refractivity contribution in [2.45, 2.75) is 26.7 Å². The van der Waals surface area contributed by atoms with Crippen LogP contribution < -0.4 is 5.32 Å². The largest absolute Gasteiger partial charge is 0.457 e. The van der Waals surface area contributed by atoms with Gasteiger partial charge in [-0.15, -0.1) is 0 Å². The van der Waals surface area contributed by atoms with Crippen molar-refractivity contribution in [2.24, 2.45) is 0 Å². The van der Waals surface area contributed by atoms with Gasteiger partial charge in [-0.2, -0.15) is 0 Å². The molecule has 112 valence electrons. The van der Waals surface area contributed by atoms with Gasteiger partial charge in [0.1, 0.15) is 17.3 Å². The highest BCUT2D eigenvalue weighted by Crippen LogP contribution is 2.25. The molecule has 1 N–H and O–H groups in total. The van der Waals surface area contributed by atoms with E-state index in [1.807, 2.05) is 24.3 Å². The normalized spacial score (nSPS) is 11.9. The number of hydrogen-bond donors (Lipinski definition) is 1. The minimum Gasteiger partial charge on any atom is -0.457 e. The highest BCUT2D eigenvalue weighted by molar-refractivity contribution is 5.61. The van der Waals surface area contributed by atoms with Gasteiger partial charge in [0, 0.05) is 6.54 Å². The molecular formula is C18H22FNO. The number of rotatable bonds is 7. The zero-order valence-electron chi connectivity index (χ0n) is 12.7. The third-order valence-electron chi connectivity index (χ3n) is 3.35. The first kappa shape index (κ1) is 15.5. The van der Waals surface area contributed by atoms with Crippen molar-refractivity contribution in [1.82, 2.24) is 5.32 Å². The SMILES string of the molecule is CCCNCC(=Cc1ccc(-c2ccccc2F)o1)CC. The summed E-state index contributed by atoms with van der Waals surface area (Å²) in [5, 5.41) is 3.38. The molecule has 1 heterocycles. The monoisotopic (exact) mass is 287 g/mol. The van der Waals surface area contributed by atoms with E-state index in [4.69, 9.17) is 4.42 Å². The molecule has 0 unspecified atom stereocenters. The summed E-state index contributed by atoms with van der Waals surface area (Å²) in [5.41, 5.74) is 1.78. The molecule has 0 amide bonds. The van der Waals surface area contributed by atoms with Crippen LogP contribution in [0.5, 0.6) is 0 Å². The van der Waals surface area contributed by atoms with E-state index in [-0.39, 0.29) is 5.82 Å². The number of nitrogens with one attached hydrogen (secondary N) is 1. The average Bonchev–Trinajstić information content (AvgIpc) is 2.95. The fourth-order valence-corrected chi connectivity index (χ4v) is 2.14. The Morgan fingerprint density at radius 1 is 1.19 bits per heavy atom. The predicted octanol–water partition coefficient (Wildman–Crippen LogP) is 4.88. The van der Waals surface area contributed by atoms with E-state index in [0.717, 1.165) is 31.7 Å². The van der Waals surface area contributed by atoms with Crippen LogP contribution in [0.1, 0.15) is 32.4 Å². The van der Waals surface area contributed by atoms with Crippen LogP contribution in [0.15, 0.2) is 46.4 Å². The Balaban J connectivity index is 2.13. The van der Waals surface area contributed by atoms with Crippen molar-refractivity contribution in [3.63, 3.8) is 0 Å². The second-order valence-electron chi connectivity index (χ2n) is 5.01. The summed E-state index contributed by atoms with van der Waals surface area (Å²) < 4.78 is 19.5. The number of halogens is 1. The van der Waals surface area contributed by atoms with Crippen LogP contribution in [0, 0.1) is 5.82 Å². The minimum atomic E-state index is -0.261. The molecule has 0 aliphatic heterocycles. The maximum atomic E-state index is 13.7. The molecule has 0 radical (unpaired) electrons. The molecule has 2 aromatic rings. The highest BCUT2D eigenvalue weighted by Gasteiger charge is 2.08. The third kappa shape index (κ3) is 4.30. The molecule has 0 saturated carbocycles. The van der Waals surface area contributed by atoms with E-state index in [0.29, 0.717) is 11.3 Å². The molecule has 1 aromatic heterocycles. The quantitative estimate of drug-likeness (QED) is 0.734. The predicted molar refractivity (Wildman–Crippen MR) is 85.5 cm³/mol. The Hall–Kier alpha value is -1.87. The lowest BCUT2D eigenvalue weighted by atomic mass is 10.1. The van der Waals surface area contributed by atoms with Crippen molar-refractivity contribution in [3.8, 4) is 11.3 Å². The summed E-state index contributed by atoms with van der Waals surface area (Å²) in [7, 11) is 0. The molecule has 3 heteroatoms. The van der Waals surface area contributed by atoms with Gasteiger partial charge in [0.25, 0.3) is 0 Å². The first-order valence-corrected chi connectivity index (χ1v) is 7.49. The number of hydrogen-bond acceptors (Lipinski definition) is 2. The molecule has 0 fully saturated rings. The smallest absolute Gasteiger partial charge is 0.137 e. The van der Waals surface area contributed by atoms with Gasteiger partial charge in [-0.3, -0.25) is 0 Å². The molecular weight excluding hydrogens is 265 g/mol. The molecule has 2 nitrogen and oxygen atoms in total. The fraction of sp³-hybridized carbons (Fsp3) is 0.333. The van der Waals surface area contributed by atoms with Crippen molar-refractivity contribution < 1.29 is 8.81 Å². The Kier molecular flexibility index (Phi) is 5.76. The third-order valence-corrected chi connectivity index (χ3v) is 3.35. The first-order chi connectivity index (χ1) is 10.2. The summed E-state index contributed by atoms with van der Waals surface area (Å²) in [6.45, 7) is 6.14. The highest BCUT2D eigenvalue weighted by atomic mass is 19.1. The van der Waals surface area contributed by atoms with Gasteiger partial charge >= 0.3 is 0 Å². The Labute approximate surface area is 125 Å². The second kappa shape index (κ2) is 7.79. The molecule has 0 saturated heterocycles. The Morgan fingerprint density at radius 3 is 2.71 bits per heavy atom. The lowest BCUT2D eigenvalue weighted by molar-refractivity contribution is 0.560. The summed E-state index contributed by atoms with van der Waals surface area (Å²) in [6.07, 6.45) is 4.12. The number of benzene rings is 1. The Bertz CT molecular complexity index is 601. The maximum absolute atomic E-state index is 13.7. The van der Waals surface area contributed by atoms with Crippen LogP contribution in [0.2, 0.25) is 0 Å². The number of furan rings is 1. The van der Waals surface area contributed by atoms with Gasteiger partial charge < -0.3 is 9.73 Å². The lowest BCUT2D eigenvalue weighted by Crippen LogP contribution is -2.17. The van der Waals surface area contributed by atoms with Gasteiger partial charge in [-0.05, 0) is 49.7 Å². The molecule has 0 atom stereocenters. The van der Waals surface area contributed by atoms with Crippen LogP contribution >= 0.6 is 0 Å². The van der Waals surface area contributed by atoms with Crippen molar-refractivity contribution in [2.75, 3.05) is 13.1 Å². The zero-order valence-corrected chi connectivity index (χ0v) is 12.7. The van der Waals surface area contributed by atoms with Gasteiger partial charge in [0.05, 0.1) is 5.56 Å². The molecule has 0 bridgehead atoms. The van der Waals surface area contributed by atoms with Gasteiger partial charge in [0.15, 0.2) is 0 Å². The van der Waals surface area contributed by atoms with Crippen molar-refractivity contribution in [1.29, 1.82) is 0 Å². The van der Waals surface area contributed by atoms with Crippen molar-refractivity contribution >= 4 is 6.08 Å². The van der Waals surface area contributed by atoms with E-state index in [1.165, 1.54) is 11.6 Å². The van der Waals surface area contributed by atoms with E-state index in [1.54, 1.807) is 12.1 Å². The molecule has 2 rings (SSSR count). The molecule has 21 heavy (non-hydrogen) atoms. The summed E-state index contributed by atoms with van der Waals surface area (Å²) in [6, 6.07) is 10.4. The van der Waals surface area contributed by atoms with Gasteiger partial charge in [0.2, 0.25) is 0 Å². The van der Waals surface area contributed by atoms with Crippen LogP contribution in [-0.4, -0.2) is 13.1 Å². The van der Waals surface area contributed by atoms with E-state index in [9.17, 15) is 4.39 Å².